The quantitative estimate of drug-likeness (QED) is 0.00745. The number of benzene rings is 7. The first kappa shape index (κ1) is 121. The molecule has 766 valence electrons. The number of carbonyl (C=O) groups is 13. The Labute approximate surface area is 799 Å². The summed E-state index contributed by atoms with van der Waals surface area (Å²) < 4.78 is 96.1. The van der Waals surface area contributed by atoms with E-state index in [1.807, 2.05) is 6.92 Å². The molecule has 0 heterocycles. The fourth-order valence-corrected chi connectivity index (χ4v) is 10.3. The van der Waals surface area contributed by atoms with Crippen LogP contribution in [0.2, 0.25) is 0 Å². The molecule has 0 fully saturated rings. The third-order valence-corrected chi connectivity index (χ3v) is 16.8. The van der Waals surface area contributed by atoms with Crippen LogP contribution in [0, 0.1) is 0 Å². The minimum absolute atomic E-state index is 0.00676. The Morgan fingerprint density at radius 2 is 0.604 bits per heavy atom. The number of phenols is 6. The number of carboxylic acid groups (broad SMARTS) is 1. The summed E-state index contributed by atoms with van der Waals surface area (Å²) in [5.41, 5.74) is 8.75. The van der Waals surface area contributed by atoms with Crippen LogP contribution in [0.15, 0.2) is 127 Å². The number of aromatic hydroxyl groups is 6. The van der Waals surface area contributed by atoms with Gasteiger partial charge in [-0.15, -0.1) is 0 Å². The molecular formula is C93H120N2O44. The Hall–Kier alpha value is -15.6. The first-order valence-corrected chi connectivity index (χ1v) is 42.7. The smallest absolute Gasteiger partial charge is 0.504 e. The number of methoxy groups -OCH3 is 3. The summed E-state index contributed by atoms with van der Waals surface area (Å²) in [4.78, 5) is 149. The van der Waals surface area contributed by atoms with Gasteiger partial charge in [-0.1, -0.05) is 55.8 Å². The van der Waals surface area contributed by atoms with Crippen molar-refractivity contribution in [2.75, 3.05) is 101 Å². The van der Waals surface area contributed by atoms with Crippen LogP contribution in [0.1, 0.15) is 171 Å². The molecule has 0 spiro atoms. The van der Waals surface area contributed by atoms with E-state index in [-0.39, 0.29) is 191 Å². The van der Waals surface area contributed by atoms with E-state index in [1.54, 1.807) is 86.6 Å². The zero-order valence-corrected chi connectivity index (χ0v) is 79.0. The number of aliphatic hydroxyl groups excluding tert-OH is 4. The van der Waals surface area contributed by atoms with Gasteiger partial charge in [-0.05, 0) is 212 Å². The van der Waals surface area contributed by atoms with Crippen LogP contribution < -0.4 is 43.6 Å². The second-order valence-electron chi connectivity index (χ2n) is 27.1. The highest BCUT2D eigenvalue weighted by molar-refractivity contribution is 5.76. The molecule has 13 N–H and O–H groups in total. The number of rotatable bonds is 37. The van der Waals surface area contributed by atoms with Gasteiger partial charge in [0.1, 0.15) is 0 Å². The van der Waals surface area contributed by atoms with E-state index in [2.05, 4.69) is 33.2 Å². The lowest BCUT2D eigenvalue weighted by Gasteiger charge is -2.20. The molecular weight excluding hydrogens is 1850 g/mol. The van der Waals surface area contributed by atoms with E-state index in [4.69, 9.17) is 103 Å². The fraction of sp³-hybridized carbons (Fsp3) is 0.409. The number of carboxylic acids is 1. The van der Waals surface area contributed by atoms with Crippen LogP contribution in [-0.2, 0) is 95.3 Å². The van der Waals surface area contributed by atoms with Crippen LogP contribution in [-0.4, -0.2) is 241 Å². The molecule has 4 unspecified atom stereocenters. The van der Waals surface area contributed by atoms with Crippen LogP contribution >= 0.6 is 0 Å². The van der Waals surface area contributed by atoms with Gasteiger partial charge >= 0.3 is 79.2 Å². The number of hydrogen-bond acceptors (Lipinski definition) is 44. The van der Waals surface area contributed by atoms with Gasteiger partial charge in [-0.25, -0.2) is 43.2 Å². The molecule has 1 amide bonds. The van der Waals surface area contributed by atoms with Gasteiger partial charge in [0.25, 0.3) is 0 Å². The van der Waals surface area contributed by atoms with E-state index >= 15 is 0 Å². The number of phenolic OH excluding ortho intramolecular Hbond substituents is 6. The van der Waals surface area contributed by atoms with E-state index in [1.165, 1.54) is 136 Å². The van der Waals surface area contributed by atoms with Crippen molar-refractivity contribution >= 4 is 79.2 Å². The van der Waals surface area contributed by atoms with Crippen molar-refractivity contribution in [2.45, 2.75) is 151 Å². The lowest BCUT2D eigenvalue weighted by atomic mass is 10.0. The van der Waals surface area contributed by atoms with Crippen LogP contribution in [0.4, 0.5) is 43.2 Å². The van der Waals surface area contributed by atoms with Gasteiger partial charge in [-0.3, -0.25) is 19.2 Å². The van der Waals surface area contributed by atoms with Crippen LogP contribution in [0.25, 0.3) is 0 Å². The van der Waals surface area contributed by atoms with Gasteiger partial charge < -0.3 is 162 Å². The summed E-state index contributed by atoms with van der Waals surface area (Å²) >= 11 is 0. The predicted molar refractivity (Wildman–Crippen MR) is 483 cm³/mol. The normalized spacial score (nSPS) is 10.9. The molecule has 46 nitrogen and oxygen atoms in total. The molecule has 0 radical (unpaired) electrons. The third kappa shape index (κ3) is 50.0. The molecule has 139 heavy (non-hydrogen) atoms. The Bertz CT molecular complexity index is 5020. The molecule has 0 aliphatic heterocycles. The summed E-state index contributed by atoms with van der Waals surface area (Å²) in [7, 11) is 5.25. The number of aryl methyl sites for hydroxylation is 1. The predicted octanol–water partition coefficient (Wildman–Crippen LogP) is 14.1. The van der Waals surface area contributed by atoms with Gasteiger partial charge in [0, 0.05) is 26.4 Å². The SMILES string of the molecule is CCCC(O)c1ccc(O)c(O)c1.CCOC(=O)Cc1ccc(OC(=O)OCC)c(OC(=O)OCC)c1.CCOC(=O)Oc1ccc(C(O)CCC(=O)OC)cc1OC(=O)OCC.CCOC(=O)Oc1ccc(C(O)CN(C)C(=O)OC)cc1OC(=O)OCC.CCOC(=O)Oc1ccc(CCCC(=O)OC)cc1OC(=O)OCC.NCC(O)c1ccc(O)c(O)c1.O=C(O)Cc1ccc(O)c(O)c1. The second-order valence-corrected chi connectivity index (χ2v) is 27.1. The first-order chi connectivity index (χ1) is 66.1. The molecule has 0 bridgehead atoms. The molecule has 7 aromatic carbocycles. The van der Waals surface area contributed by atoms with Crippen molar-refractivity contribution in [1.29, 1.82) is 0 Å². The molecule has 0 saturated carbocycles. The zero-order valence-electron chi connectivity index (χ0n) is 79.0. The summed E-state index contributed by atoms with van der Waals surface area (Å²) in [5.74, 6) is -4.02. The standard InChI is InChI=1S/C17H23NO9.C17H22O9.C17H22O8.C16H20O8.C10H14O3.C8H11NO3.C8H8O4/c1-5-24-16(21)26-13-8-7-11(9-14(13)27-17(22)25-6-2)12(19)10-18(3)15(20)23-4;1-4-23-16(20)25-13-8-6-11(12(18)7-9-15(19)22-3)10-14(13)26-17(21)24-5-2;1-4-22-16(19)24-13-10-9-12(7-6-8-15(18)21-3)11-14(13)25-17(20)23-5-2;1-4-20-14(17)10-11-7-8-12(23-15(18)21-5-2)13(9-11)24-16(19)22-6-3;1-2-3-8(11)7-4-5-9(12)10(13)6-7;9-4-8(12)5-1-2-6(10)7(11)3-5;9-6-2-1-5(3-7(6)10)4-8(11)12/h7-9,12,19H,5-6,10H2,1-4H3;6,8,10,12,18H,4-5,7,9H2,1-3H3;9-11H,4-8H2,1-3H3;7-9H,4-6,10H2,1-3H3;4-6,8,11-13H,2-3H2,1H3;1-3,8,10-12H,4,9H2;1-3,9-10H,4H2,(H,11,12). The Morgan fingerprint density at radius 3 is 0.950 bits per heavy atom. The van der Waals surface area contributed by atoms with Crippen molar-refractivity contribution in [3.63, 3.8) is 0 Å². The Kier molecular flexibility index (Phi) is 59.8. The highest BCUT2D eigenvalue weighted by atomic mass is 16.8. The van der Waals surface area contributed by atoms with Crippen molar-refractivity contribution in [3.8, 4) is 80.5 Å². The number of aliphatic carboxylic acids is 1. The van der Waals surface area contributed by atoms with E-state index < -0.39 is 97.7 Å². The number of esters is 3. The highest BCUT2D eigenvalue weighted by Gasteiger charge is 2.26. The summed E-state index contributed by atoms with van der Waals surface area (Å²) in [5, 5.41) is 102. The first-order valence-electron chi connectivity index (χ1n) is 42.7. The molecule has 4 atom stereocenters. The molecule has 46 heteroatoms. The number of aliphatic hydroxyl groups is 4. The van der Waals surface area contributed by atoms with Crippen molar-refractivity contribution in [2.24, 2.45) is 5.73 Å². The number of nitrogens with zero attached hydrogens (tertiary/aromatic N) is 1. The van der Waals surface area contributed by atoms with Crippen molar-refractivity contribution < 1.29 is 213 Å². The maximum absolute atomic E-state index is 11.6. The molecule has 0 aliphatic carbocycles. The highest BCUT2D eigenvalue weighted by Crippen LogP contribution is 2.37. The zero-order chi connectivity index (χ0) is 105. The fourth-order valence-electron chi connectivity index (χ4n) is 10.3. The van der Waals surface area contributed by atoms with E-state index in [0.29, 0.717) is 52.6 Å². The van der Waals surface area contributed by atoms with E-state index in [0.717, 1.165) is 12.0 Å². The Morgan fingerprint density at radius 1 is 0.309 bits per heavy atom. The van der Waals surface area contributed by atoms with Crippen LogP contribution in [0.5, 0.6) is 80.5 Å². The number of ether oxygens (including phenoxy) is 20. The largest absolute Gasteiger partial charge is 0.513 e. The van der Waals surface area contributed by atoms with Crippen molar-refractivity contribution in [3.05, 3.63) is 166 Å². The van der Waals surface area contributed by atoms with Gasteiger partial charge in [0.15, 0.2) is 80.5 Å². The Balaban J connectivity index is 0.000000828. The number of amides is 1. The summed E-state index contributed by atoms with van der Waals surface area (Å²) in [6, 6.07) is 29.6. The number of hydrogen-bond donors (Lipinski definition) is 12. The van der Waals surface area contributed by atoms with Gasteiger partial charge in [0.05, 0.1) is 125 Å². The summed E-state index contributed by atoms with van der Waals surface area (Å²) in [6.45, 7) is 17.8. The minimum Gasteiger partial charge on any atom is -0.504 e. The monoisotopic (exact) mass is 1970 g/mol. The molecule has 7 rings (SSSR count). The second kappa shape index (κ2) is 68.4. The average molecular weight is 1970 g/mol. The molecule has 7 aromatic rings. The lowest BCUT2D eigenvalue weighted by molar-refractivity contribution is -0.142. The van der Waals surface area contributed by atoms with E-state index in [9.17, 15) is 82.8 Å². The average Bonchev–Trinajstić information content (AvgIpc) is 0.809. The third-order valence-electron chi connectivity index (χ3n) is 16.8. The molecule has 0 saturated heterocycles. The van der Waals surface area contributed by atoms with Gasteiger partial charge in [0.2, 0.25) is 0 Å². The minimum atomic E-state index is -1.12. The summed E-state index contributed by atoms with van der Waals surface area (Å²) in [6.07, 6.45) is -8.95. The molecule has 0 aliphatic rings. The molecule has 0 aromatic heterocycles. The maximum Gasteiger partial charge on any atom is 0.513 e. The maximum atomic E-state index is 11.6. The number of likely N-dealkylation sites (N-methyl/N-ethyl adjacent to an activating group) is 1. The van der Waals surface area contributed by atoms with Crippen LogP contribution in [0.3, 0.4) is 0 Å². The van der Waals surface area contributed by atoms with Crippen molar-refractivity contribution in [1.82, 2.24) is 4.90 Å². The topological polar surface area (TPSA) is 658 Å². The number of nitrogens with two attached hydrogens (primary N) is 1. The van der Waals surface area contributed by atoms with Gasteiger partial charge in [-0.2, -0.15) is 0 Å². The lowest BCUT2D eigenvalue weighted by Crippen LogP contribution is -2.30. The number of carbonyl (C=O) groups excluding carboxylic acids is 12.